The molecule has 3 heterocycles. The molecule has 0 N–H and O–H groups in total. The van der Waals surface area contributed by atoms with Crippen molar-refractivity contribution in [3.8, 4) is 0 Å². The molecule has 7 nitrogen and oxygen atoms in total. The van der Waals surface area contributed by atoms with E-state index in [2.05, 4.69) is 9.97 Å². The van der Waals surface area contributed by atoms with Crippen molar-refractivity contribution in [1.82, 2.24) is 14.5 Å². The second-order valence-electron chi connectivity index (χ2n) is 7.81. The van der Waals surface area contributed by atoms with Gasteiger partial charge in [-0.2, -0.15) is 0 Å². The van der Waals surface area contributed by atoms with E-state index in [1.165, 1.54) is 6.26 Å². The fourth-order valence-corrected chi connectivity index (χ4v) is 4.86. The molecule has 150 valence electrons. The minimum atomic E-state index is -3.15. The van der Waals surface area contributed by atoms with Crippen molar-refractivity contribution < 1.29 is 13.2 Å². The van der Waals surface area contributed by atoms with Gasteiger partial charge in [-0.15, -0.1) is 0 Å². The van der Waals surface area contributed by atoms with Crippen molar-refractivity contribution >= 4 is 44.1 Å². The van der Waals surface area contributed by atoms with Crippen LogP contribution in [0.4, 0.5) is 5.69 Å². The molecule has 2 aromatic heterocycles. The van der Waals surface area contributed by atoms with Crippen LogP contribution in [-0.4, -0.2) is 40.9 Å². The zero-order valence-corrected chi connectivity index (χ0v) is 17.4. The Kier molecular flexibility index (Phi) is 4.02. The molecule has 0 atom stereocenters. The molecule has 1 spiro atoms. The number of hydrogen-bond acceptors (Lipinski definition) is 5. The molecule has 1 aliphatic carbocycles. The predicted octanol–water partition coefficient (Wildman–Crippen LogP) is 2.71. The maximum Gasteiger partial charge on any atom is 0.238 e. The molecule has 1 aromatic carbocycles. The van der Waals surface area contributed by atoms with E-state index in [-0.39, 0.29) is 24.7 Å². The number of carbonyl (C=O) groups excluding carboxylic acids is 1. The Morgan fingerprint density at radius 2 is 2.03 bits per heavy atom. The van der Waals surface area contributed by atoms with Gasteiger partial charge in [0, 0.05) is 24.0 Å². The maximum absolute atomic E-state index is 13.2. The zero-order chi connectivity index (χ0) is 20.4. The van der Waals surface area contributed by atoms with Crippen LogP contribution in [0.15, 0.2) is 36.7 Å². The first-order valence-electron chi connectivity index (χ1n) is 9.37. The van der Waals surface area contributed by atoms with E-state index >= 15 is 0 Å². The Morgan fingerprint density at radius 1 is 1.24 bits per heavy atom. The Hall–Kier alpha value is -2.45. The molecule has 1 aliphatic heterocycles. The molecule has 1 fully saturated rings. The number of nitrogens with zero attached hydrogens (tertiary/aromatic N) is 4. The van der Waals surface area contributed by atoms with Gasteiger partial charge in [0.25, 0.3) is 0 Å². The number of fused-ring (bicyclic) bond motifs is 3. The minimum absolute atomic E-state index is 0.00981. The summed E-state index contributed by atoms with van der Waals surface area (Å²) in [5.41, 5.74) is 2.91. The molecule has 5 rings (SSSR count). The Morgan fingerprint density at radius 3 is 2.76 bits per heavy atom. The molecular weight excluding hydrogens is 412 g/mol. The molecule has 0 saturated heterocycles. The molecular formula is C20H19ClN4O3S. The SMILES string of the molecule is CS(=O)(=O)CCn1c(CN2C(=O)C3(CC3)c3ccncc32)nc2cc(Cl)ccc21. The highest BCUT2D eigenvalue weighted by molar-refractivity contribution is 7.90. The number of carbonyl (C=O) groups is 1. The van der Waals surface area contributed by atoms with Gasteiger partial charge < -0.3 is 9.47 Å². The number of halogens is 1. The average Bonchev–Trinajstić information content (AvgIpc) is 3.36. The molecule has 1 saturated carbocycles. The standard InChI is InChI=1S/C20H19ClN4O3S/c1-29(27,28)9-8-24-16-3-2-13(21)10-15(16)23-18(24)12-25-17-11-22-7-4-14(17)20(5-6-20)19(25)26/h2-4,7,10-11H,5-6,8-9,12H2,1H3. The van der Waals surface area contributed by atoms with Gasteiger partial charge in [0.15, 0.2) is 0 Å². The Bertz CT molecular complexity index is 1260. The summed E-state index contributed by atoms with van der Waals surface area (Å²) in [4.78, 5) is 23.8. The van der Waals surface area contributed by atoms with E-state index in [0.717, 1.165) is 29.6 Å². The normalized spacial score (nSPS) is 17.3. The van der Waals surface area contributed by atoms with Gasteiger partial charge in [0.2, 0.25) is 5.91 Å². The number of aromatic nitrogens is 3. The highest BCUT2D eigenvalue weighted by Gasteiger charge is 2.59. The Balaban J connectivity index is 1.58. The number of anilines is 1. The van der Waals surface area contributed by atoms with Crippen LogP contribution in [0.3, 0.4) is 0 Å². The lowest BCUT2D eigenvalue weighted by Crippen LogP contribution is -2.32. The summed E-state index contributed by atoms with van der Waals surface area (Å²) in [5.74, 6) is 0.691. The van der Waals surface area contributed by atoms with E-state index in [4.69, 9.17) is 11.6 Å². The third-order valence-electron chi connectivity index (χ3n) is 5.79. The number of benzene rings is 1. The van der Waals surface area contributed by atoms with Crippen LogP contribution in [-0.2, 0) is 33.1 Å². The number of amides is 1. The van der Waals surface area contributed by atoms with Crippen molar-refractivity contribution in [2.45, 2.75) is 31.3 Å². The molecule has 3 aromatic rings. The second kappa shape index (κ2) is 6.27. The minimum Gasteiger partial charge on any atom is -0.325 e. The van der Waals surface area contributed by atoms with E-state index in [1.54, 1.807) is 29.4 Å². The first-order valence-corrected chi connectivity index (χ1v) is 11.8. The lowest BCUT2D eigenvalue weighted by atomic mass is 9.99. The highest BCUT2D eigenvalue weighted by atomic mass is 35.5. The smallest absolute Gasteiger partial charge is 0.238 e. The monoisotopic (exact) mass is 430 g/mol. The quantitative estimate of drug-likeness (QED) is 0.621. The molecule has 0 radical (unpaired) electrons. The highest BCUT2D eigenvalue weighted by Crippen LogP contribution is 2.57. The first-order chi connectivity index (χ1) is 13.8. The van der Waals surface area contributed by atoms with E-state index in [9.17, 15) is 13.2 Å². The van der Waals surface area contributed by atoms with Crippen molar-refractivity contribution in [3.05, 3.63) is 53.1 Å². The number of imidazole rings is 1. The van der Waals surface area contributed by atoms with Crippen LogP contribution in [0, 0.1) is 0 Å². The fourth-order valence-electron chi connectivity index (χ4n) is 4.18. The summed E-state index contributed by atoms with van der Waals surface area (Å²) < 4.78 is 25.4. The van der Waals surface area contributed by atoms with Crippen LogP contribution < -0.4 is 4.90 Å². The topological polar surface area (TPSA) is 85.2 Å². The van der Waals surface area contributed by atoms with Crippen LogP contribution >= 0.6 is 11.6 Å². The van der Waals surface area contributed by atoms with Gasteiger partial charge in [0.05, 0.1) is 40.6 Å². The number of rotatable bonds is 5. The number of aryl methyl sites for hydroxylation is 1. The van der Waals surface area contributed by atoms with Gasteiger partial charge in [-0.3, -0.25) is 9.78 Å². The molecule has 29 heavy (non-hydrogen) atoms. The molecule has 0 bridgehead atoms. The summed E-state index contributed by atoms with van der Waals surface area (Å²) in [6, 6.07) is 7.26. The summed E-state index contributed by atoms with van der Waals surface area (Å²) in [6.07, 6.45) is 6.35. The van der Waals surface area contributed by atoms with Crippen LogP contribution in [0.25, 0.3) is 11.0 Å². The van der Waals surface area contributed by atoms with Crippen molar-refractivity contribution in [2.24, 2.45) is 0 Å². The van der Waals surface area contributed by atoms with Gasteiger partial charge in [-0.1, -0.05) is 11.6 Å². The van der Waals surface area contributed by atoms with E-state index < -0.39 is 15.3 Å². The largest absolute Gasteiger partial charge is 0.325 e. The fraction of sp³-hybridized carbons (Fsp3) is 0.350. The van der Waals surface area contributed by atoms with Crippen molar-refractivity contribution in [1.29, 1.82) is 0 Å². The molecule has 9 heteroatoms. The van der Waals surface area contributed by atoms with E-state index in [0.29, 0.717) is 16.4 Å². The summed E-state index contributed by atoms with van der Waals surface area (Å²) >= 11 is 6.12. The zero-order valence-electron chi connectivity index (χ0n) is 15.8. The van der Waals surface area contributed by atoms with Gasteiger partial charge in [-0.25, -0.2) is 13.4 Å². The van der Waals surface area contributed by atoms with Gasteiger partial charge in [-0.05, 0) is 42.7 Å². The third-order valence-corrected chi connectivity index (χ3v) is 6.94. The van der Waals surface area contributed by atoms with Crippen LogP contribution in [0.5, 0.6) is 0 Å². The summed E-state index contributed by atoms with van der Waals surface area (Å²) in [6.45, 7) is 0.523. The third kappa shape index (κ3) is 3.02. The number of hydrogen-bond donors (Lipinski definition) is 0. The van der Waals surface area contributed by atoms with Crippen LogP contribution in [0.1, 0.15) is 24.2 Å². The lowest BCUT2D eigenvalue weighted by molar-refractivity contribution is -0.120. The maximum atomic E-state index is 13.2. The summed E-state index contributed by atoms with van der Waals surface area (Å²) in [5, 5.41) is 0.556. The molecule has 1 amide bonds. The average molecular weight is 431 g/mol. The van der Waals surface area contributed by atoms with Crippen LogP contribution in [0.2, 0.25) is 5.02 Å². The lowest BCUT2D eigenvalue weighted by Gasteiger charge is -2.18. The number of pyridine rings is 1. The van der Waals surface area contributed by atoms with Gasteiger partial charge >= 0.3 is 0 Å². The predicted molar refractivity (Wildman–Crippen MR) is 111 cm³/mol. The van der Waals surface area contributed by atoms with E-state index in [1.807, 2.05) is 16.7 Å². The second-order valence-corrected chi connectivity index (χ2v) is 10.5. The number of sulfone groups is 1. The Labute approximate surface area is 173 Å². The molecule has 2 aliphatic rings. The molecule has 0 unspecified atom stereocenters. The van der Waals surface area contributed by atoms with Crippen molar-refractivity contribution in [2.75, 3.05) is 16.9 Å². The van der Waals surface area contributed by atoms with Crippen molar-refractivity contribution in [3.63, 3.8) is 0 Å². The summed E-state index contributed by atoms with van der Waals surface area (Å²) in [7, 11) is -3.15. The van der Waals surface area contributed by atoms with Gasteiger partial charge in [0.1, 0.15) is 15.7 Å². The first kappa shape index (κ1) is 18.6.